The van der Waals surface area contributed by atoms with Gasteiger partial charge in [-0.25, -0.2) is 18.1 Å². The Bertz CT molecular complexity index is 872. The molecule has 2 aromatic heterocycles. The van der Waals surface area contributed by atoms with E-state index in [2.05, 4.69) is 19.8 Å². The van der Waals surface area contributed by atoms with Gasteiger partial charge in [0.2, 0.25) is 0 Å². The topological polar surface area (TPSA) is 92.7 Å². The first-order valence-corrected chi connectivity index (χ1v) is 9.15. The molecule has 7 nitrogen and oxygen atoms in total. The number of hydrogen-bond donors (Lipinski definition) is 2. The molecule has 0 fully saturated rings. The van der Waals surface area contributed by atoms with E-state index in [1.54, 1.807) is 23.1 Å². The van der Waals surface area contributed by atoms with Crippen LogP contribution in [0.15, 0.2) is 60.0 Å². The summed E-state index contributed by atoms with van der Waals surface area (Å²) in [6, 6.07) is 10.8. The average Bonchev–Trinajstić information content (AvgIpc) is 3.26. The molecule has 0 aliphatic heterocycles. The fraction of sp³-hybridized carbons (Fsp3) is 0.250. The maximum absolute atomic E-state index is 12.7. The van der Waals surface area contributed by atoms with Gasteiger partial charge in [-0.1, -0.05) is 37.3 Å². The SMILES string of the molecule is CCc1ncc(S(=O)(=O)NC(Cn2cccn2)c2ccccc2)[nH]1. The zero-order valence-electron chi connectivity index (χ0n) is 13.3. The first kappa shape index (κ1) is 16.4. The van der Waals surface area contributed by atoms with Crippen molar-refractivity contribution < 1.29 is 8.42 Å². The molecule has 2 heterocycles. The van der Waals surface area contributed by atoms with Crippen molar-refractivity contribution in [2.45, 2.75) is 31.0 Å². The Kier molecular flexibility index (Phi) is 4.77. The number of aryl methyl sites for hydroxylation is 1. The molecule has 0 saturated heterocycles. The van der Waals surface area contributed by atoms with Crippen LogP contribution in [0.3, 0.4) is 0 Å². The molecule has 8 heteroatoms. The molecule has 0 radical (unpaired) electrons. The zero-order chi connectivity index (χ0) is 17.0. The molecule has 3 rings (SSSR count). The summed E-state index contributed by atoms with van der Waals surface area (Å²) >= 11 is 0. The number of aromatic nitrogens is 4. The first-order valence-electron chi connectivity index (χ1n) is 7.67. The number of benzene rings is 1. The van der Waals surface area contributed by atoms with Crippen LogP contribution in [0.1, 0.15) is 24.4 Å². The van der Waals surface area contributed by atoms with Crippen molar-refractivity contribution in [3.8, 4) is 0 Å². The number of imidazole rings is 1. The summed E-state index contributed by atoms with van der Waals surface area (Å²) in [5, 5.41) is 4.23. The largest absolute Gasteiger partial charge is 0.332 e. The van der Waals surface area contributed by atoms with E-state index in [4.69, 9.17) is 0 Å². The highest BCUT2D eigenvalue weighted by atomic mass is 32.2. The minimum absolute atomic E-state index is 0.0701. The van der Waals surface area contributed by atoms with E-state index in [0.29, 0.717) is 18.8 Å². The Morgan fingerprint density at radius 3 is 2.67 bits per heavy atom. The fourth-order valence-corrected chi connectivity index (χ4v) is 3.56. The number of nitrogens with one attached hydrogen (secondary N) is 2. The van der Waals surface area contributed by atoms with Crippen LogP contribution >= 0.6 is 0 Å². The Labute approximate surface area is 140 Å². The Hall–Kier alpha value is -2.45. The molecular formula is C16H19N5O2S. The third kappa shape index (κ3) is 3.72. The normalized spacial score (nSPS) is 13.0. The van der Waals surface area contributed by atoms with Crippen molar-refractivity contribution in [2.24, 2.45) is 0 Å². The summed E-state index contributed by atoms with van der Waals surface area (Å²) < 4.78 is 29.8. The molecule has 126 valence electrons. The van der Waals surface area contributed by atoms with Crippen molar-refractivity contribution in [1.29, 1.82) is 0 Å². The van der Waals surface area contributed by atoms with Gasteiger partial charge in [0.1, 0.15) is 5.82 Å². The van der Waals surface area contributed by atoms with Crippen LogP contribution < -0.4 is 4.72 Å². The average molecular weight is 345 g/mol. The molecule has 3 aromatic rings. The highest BCUT2D eigenvalue weighted by Crippen LogP contribution is 2.18. The molecule has 0 aliphatic carbocycles. The number of H-pyrrole nitrogens is 1. The van der Waals surface area contributed by atoms with Gasteiger partial charge in [0.05, 0.1) is 18.8 Å². The first-order chi connectivity index (χ1) is 11.6. The smallest absolute Gasteiger partial charge is 0.258 e. The standard InChI is InChI=1S/C16H19N5O2S/c1-2-15-17-11-16(19-15)24(22,23)20-14(12-21-10-6-9-18-21)13-7-4-3-5-8-13/h3-11,14,20H,2,12H2,1H3,(H,17,19). The third-order valence-electron chi connectivity index (χ3n) is 3.66. The summed E-state index contributed by atoms with van der Waals surface area (Å²) in [5.74, 6) is 0.638. The van der Waals surface area contributed by atoms with E-state index in [-0.39, 0.29) is 5.03 Å². The van der Waals surface area contributed by atoms with E-state index in [1.165, 1.54) is 6.20 Å². The number of aromatic amines is 1. The molecule has 24 heavy (non-hydrogen) atoms. The predicted molar refractivity (Wildman–Crippen MR) is 89.7 cm³/mol. The molecule has 2 N–H and O–H groups in total. The Balaban J connectivity index is 1.88. The van der Waals surface area contributed by atoms with Crippen molar-refractivity contribution in [1.82, 2.24) is 24.5 Å². The third-order valence-corrected chi connectivity index (χ3v) is 5.04. The van der Waals surface area contributed by atoms with Crippen LogP contribution in [-0.2, 0) is 23.0 Å². The zero-order valence-corrected chi connectivity index (χ0v) is 14.1. The molecule has 1 unspecified atom stereocenters. The highest BCUT2D eigenvalue weighted by molar-refractivity contribution is 7.89. The number of nitrogens with zero attached hydrogens (tertiary/aromatic N) is 3. The van der Waals surface area contributed by atoms with Gasteiger partial charge in [-0.15, -0.1) is 0 Å². The molecule has 0 amide bonds. The highest BCUT2D eigenvalue weighted by Gasteiger charge is 2.23. The fourth-order valence-electron chi connectivity index (χ4n) is 2.40. The minimum atomic E-state index is -3.71. The second-order valence-corrected chi connectivity index (χ2v) is 7.04. The van der Waals surface area contributed by atoms with Gasteiger partial charge in [-0.2, -0.15) is 5.10 Å². The molecule has 0 aliphatic rings. The summed E-state index contributed by atoms with van der Waals surface area (Å²) in [6.07, 6.45) is 5.46. The summed E-state index contributed by atoms with van der Waals surface area (Å²) in [6.45, 7) is 2.30. The van der Waals surface area contributed by atoms with Gasteiger partial charge in [0, 0.05) is 18.8 Å². The second kappa shape index (κ2) is 6.98. The summed E-state index contributed by atoms with van der Waals surface area (Å²) in [5.41, 5.74) is 0.867. The lowest BCUT2D eigenvalue weighted by atomic mass is 10.1. The van der Waals surface area contributed by atoms with E-state index in [1.807, 2.05) is 37.3 Å². The van der Waals surface area contributed by atoms with Crippen molar-refractivity contribution in [2.75, 3.05) is 0 Å². The van der Waals surface area contributed by atoms with Gasteiger partial charge >= 0.3 is 0 Å². The molecule has 0 bridgehead atoms. The van der Waals surface area contributed by atoms with Gasteiger partial charge in [0.25, 0.3) is 10.0 Å². The number of sulfonamides is 1. The van der Waals surface area contributed by atoms with E-state index >= 15 is 0 Å². The van der Waals surface area contributed by atoms with E-state index in [0.717, 1.165) is 5.56 Å². The van der Waals surface area contributed by atoms with Crippen molar-refractivity contribution in [3.63, 3.8) is 0 Å². The maximum atomic E-state index is 12.7. The lowest BCUT2D eigenvalue weighted by molar-refractivity contribution is 0.482. The van der Waals surface area contributed by atoms with Gasteiger partial charge in [-0.3, -0.25) is 4.68 Å². The van der Waals surface area contributed by atoms with Gasteiger partial charge < -0.3 is 4.98 Å². The maximum Gasteiger partial charge on any atom is 0.258 e. The molecule has 1 aromatic carbocycles. The van der Waals surface area contributed by atoms with E-state index < -0.39 is 16.1 Å². The lowest BCUT2D eigenvalue weighted by Gasteiger charge is -2.19. The van der Waals surface area contributed by atoms with Crippen molar-refractivity contribution >= 4 is 10.0 Å². The quantitative estimate of drug-likeness (QED) is 0.684. The predicted octanol–water partition coefficient (Wildman–Crippen LogP) is 1.89. The van der Waals surface area contributed by atoms with Crippen LogP contribution in [0.4, 0.5) is 0 Å². The molecule has 0 spiro atoms. The second-order valence-electron chi connectivity index (χ2n) is 5.36. The number of hydrogen-bond acceptors (Lipinski definition) is 4. The Morgan fingerprint density at radius 1 is 1.25 bits per heavy atom. The summed E-state index contributed by atoms with van der Waals surface area (Å²) in [7, 11) is -3.71. The van der Waals surface area contributed by atoms with Gasteiger partial charge in [-0.05, 0) is 11.6 Å². The molecule has 0 saturated carbocycles. The molecular weight excluding hydrogens is 326 g/mol. The lowest BCUT2D eigenvalue weighted by Crippen LogP contribution is -2.32. The minimum Gasteiger partial charge on any atom is -0.332 e. The summed E-state index contributed by atoms with van der Waals surface area (Å²) in [4.78, 5) is 6.90. The van der Waals surface area contributed by atoms with E-state index in [9.17, 15) is 8.42 Å². The van der Waals surface area contributed by atoms with Crippen molar-refractivity contribution in [3.05, 3.63) is 66.4 Å². The van der Waals surface area contributed by atoms with Crippen LogP contribution in [0, 0.1) is 0 Å². The molecule has 1 atom stereocenters. The van der Waals surface area contributed by atoms with Crippen LogP contribution in [0.25, 0.3) is 0 Å². The van der Waals surface area contributed by atoms with Crippen LogP contribution in [0.5, 0.6) is 0 Å². The Morgan fingerprint density at radius 2 is 2.04 bits per heavy atom. The van der Waals surface area contributed by atoms with Gasteiger partial charge in [0.15, 0.2) is 5.03 Å². The van der Waals surface area contributed by atoms with Crippen LogP contribution in [0.2, 0.25) is 0 Å². The number of rotatable bonds is 7. The monoisotopic (exact) mass is 345 g/mol. The van der Waals surface area contributed by atoms with Crippen LogP contribution in [-0.4, -0.2) is 28.2 Å².